The van der Waals surface area contributed by atoms with Gasteiger partial charge in [0, 0.05) is 18.6 Å². The van der Waals surface area contributed by atoms with E-state index in [2.05, 4.69) is 216 Å². The summed E-state index contributed by atoms with van der Waals surface area (Å²) in [7, 11) is 0. The quantitative estimate of drug-likeness (QED) is 0.121. The maximum atomic E-state index is 4.46. The molecule has 368 valence electrons. The first kappa shape index (κ1) is 52.4. The van der Waals surface area contributed by atoms with Crippen molar-refractivity contribution in [1.82, 2.24) is 15.0 Å². The Balaban J connectivity index is 0.000000153. The Morgan fingerprint density at radius 3 is 0.870 bits per heavy atom. The van der Waals surface area contributed by atoms with Gasteiger partial charge in [-0.2, -0.15) is 0 Å². The van der Waals surface area contributed by atoms with Crippen molar-refractivity contribution in [3.05, 3.63) is 322 Å². The van der Waals surface area contributed by atoms with Gasteiger partial charge in [0.05, 0.1) is 0 Å². The fraction of sp³-hybridized carbons (Fsp3) is 0. The maximum absolute atomic E-state index is 4.46. The predicted molar refractivity (Wildman–Crippen MR) is 318 cm³/mol. The minimum absolute atomic E-state index is 0. The van der Waals surface area contributed by atoms with E-state index < -0.39 is 0 Å². The normalized spacial score (nSPS) is 10.3. The van der Waals surface area contributed by atoms with Crippen LogP contribution in [-0.2, 0) is 20.1 Å². The molecule has 0 amide bonds. The number of benzene rings is 9. The average Bonchev–Trinajstić information content (AvgIpc) is 3.53. The standard InChI is InChI=1S/2C31H22N.C11H8N.Ir/c2*1-2-23-9-5-10-24(19-23)25-11-6-12-26(20-25)27-13-7-14-28(21-27)29-15-8-16-30(22-29)31-17-3-4-18-32-31;1-2-6-10(7-3-1)11-8-4-5-9-12-11;/h2*2-15,17-22H,1H2;1-6,8-9H;/q3*-1;+3. The summed E-state index contributed by atoms with van der Waals surface area (Å²) in [6.07, 6.45) is 9.18. The van der Waals surface area contributed by atoms with Crippen LogP contribution in [0.25, 0.3) is 113 Å². The number of pyridine rings is 3. The van der Waals surface area contributed by atoms with Gasteiger partial charge in [-0.05, 0) is 138 Å². The molecule has 12 aromatic rings. The number of nitrogens with zero attached hydrogens (tertiary/aromatic N) is 3. The van der Waals surface area contributed by atoms with Crippen molar-refractivity contribution in [3.63, 3.8) is 0 Å². The van der Waals surface area contributed by atoms with Crippen LogP contribution in [0.2, 0.25) is 0 Å². The van der Waals surface area contributed by atoms with E-state index in [4.69, 9.17) is 0 Å². The van der Waals surface area contributed by atoms with Crippen LogP contribution in [0.3, 0.4) is 0 Å². The second kappa shape index (κ2) is 26.2. The van der Waals surface area contributed by atoms with E-state index in [1.807, 2.05) is 116 Å². The molecule has 0 saturated heterocycles. The first-order valence-electron chi connectivity index (χ1n) is 25.2. The topological polar surface area (TPSA) is 38.7 Å². The third-order valence-corrected chi connectivity index (χ3v) is 12.8. The molecule has 0 atom stereocenters. The first-order chi connectivity index (χ1) is 37.6. The Bertz CT molecular complexity index is 3600. The van der Waals surface area contributed by atoms with Gasteiger partial charge < -0.3 is 15.0 Å². The van der Waals surface area contributed by atoms with E-state index >= 15 is 0 Å². The molecule has 12 rings (SSSR count). The second-order valence-electron chi connectivity index (χ2n) is 17.9. The van der Waals surface area contributed by atoms with Crippen LogP contribution < -0.4 is 0 Å². The van der Waals surface area contributed by atoms with E-state index in [1.165, 1.54) is 55.6 Å². The molecule has 77 heavy (non-hydrogen) atoms. The molecule has 0 bridgehead atoms. The van der Waals surface area contributed by atoms with E-state index in [9.17, 15) is 0 Å². The van der Waals surface area contributed by atoms with Gasteiger partial charge in [0.1, 0.15) is 0 Å². The van der Waals surface area contributed by atoms with Crippen molar-refractivity contribution >= 4 is 12.2 Å². The van der Waals surface area contributed by atoms with Gasteiger partial charge in [0.15, 0.2) is 0 Å². The molecule has 0 aliphatic carbocycles. The van der Waals surface area contributed by atoms with Gasteiger partial charge in [0.2, 0.25) is 0 Å². The molecular weight excluding hydrogens is 1110 g/mol. The molecule has 0 saturated carbocycles. The van der Waals surface area contributed by atoms with Gasteiger partial charge >= 0.3 is 20.1 Å². The van der Waals surface area contributed by atoms with Gasteiger partial charge in [-0.1, -0.05) is 171 Å². The second-order valence-corrected chi connectivity index (χ2v) is 17.9. The summed E-state index contributed by atoms with van der Waals surface area (Å²) >= 11 is 0. The van der Waals surface area contributed by atoms with Crippen LogP contribution >= 0.6 is 0 Å². The summed E-state index contributed by atoms with van der Waals surface area (Å²) in [5.74, 6) is 0. The molecule has 0 aliphatic heterocycles. The van der Waals surface area contributed by atoms with Crippen molar-refractivity contribution in [1.29, 1.82) is 0 Å². The molecule has 0 spiro atoms. The zero-order valence-electron chi connectivity index (χ0n) is 42.3. The zero-order chi connectivity index (χ0) is 51.7. The molecule has 0 aliphatic rings. The number of hydrogen-bond acceptors (Lipinski definition) is 3. The molecule has 9 aromatic carbocycles. The minimum Gasteiger partial charge on any atom is -0.305 e. The van der Waals surface area contributed by atoms with Crippen molar-refractivity contribution in [2.45, 2.75) is 0 Å². The summed E-state index contributed by atoms with van der Waals surface area (Å²) in [4.78, 5) is 13.1. The first-order valence-corrected chi connectivity index (χ1v) is 25.2. The van der Waals surface area contributed by atoms with E-state index in [0.717, 1.165) is 56.0 Å². The Morgan fingerprint density at radius 1 is 0.260 bits per heavy atom. The van der Waals surface area contributed by atoms with Crippen LogP contribution in [0.5, 0.6) is 0 Å². The molecule has 0 unspecified atom stereocenters. The van der Waals surface area contributed by atoms with Crippen LogP contribution in [-0.4, -0.2) is 15.0 Å². The molecular formula is C73H52IrN3. The van der Waals surface area contributed by atoms with Crippen LogP contribution in [0.15, 0.2) is 293 Å². The zero-order valence-corrected chi connectivity index (χ0v) is 44.7. The summed E-state index contributed by atoms with van der Waals surface area (Å²) in [6.45, 7) is 7.78. The van der Waals surface area contributed by atoms with Crippen LogP contribution in [0.1, 0.15) is 11.1 Å². The smallest absolute Gasteiger partial charge is 0.305 e. The Labute approximate surface area is 466 Å². The van der Waals surface area contributed by atoms with Crippen LogP contribution in [0.4, 0.5) is 0 Å². The number of hydrogen-bond donors (Lipinski definition) is 0. The predicted octanol–water partition coefficient (Wildman–Crippen LogP) is 18.9. The molecule has 3 aromatic heterocycles. The molecule has 4 heteroatoms. The summed E-state index contributed by atoms with van der Waals surface area (Å²) in [6, 6.07) is 99.4. The van der Waals surface area contributed by atoms with Crippen molar-refractivity contribution < 1.29 is 20.1 Å². The van der Waals surface area contributed by atoms with Gasteiger partial charge in [-0.3, -0.25) is 0 Å². The van der Waals surface area contributed by atoms with Crippen molar-refractivity contribution in [2.24, 2.45) is 0 Å². The van der Waals surface area contributed by atoms with Gasteiger partial charge in [0.25, 0.3) is 0 Å². The summed E-state index contributed by atoms with van der Waals surface area (Å²) in [5, 5.41) is 0. The minimum atomic E-state index is 0. The number of aromatic nitrogens is 3. The molecule has 0 radical (unpaired) electrons. The maximum Gasteiger partial charge on any atom is 3.00 e. The summed E-state index contributed by atoms with van der Waals surface area (Å²) < 4.78 is 0. The largest absolute Gasteiger partial charge is 3.00 e. The van der Waals surface area contributed by atoms with Crippen molar-refractivity contribution in [3.8, 4) is 101 Å². The third kappa shape index (κ3) is 13.7. The van der Waals surface area contributed by atoms with E-state index in [0.29, 0.717) is 0 Å². The molecule has 0 fully saturated rings. The fourth-order valence-electron chi connectivity index (χ4n) is 8.91. The molecule has 3 nitrogen and oxygen atoms in total. The SMILES string of the molecule is C=Cc1cccc(-c2cccc(-c3cccc(-c4cc[c-]c(-c5ccccn5)c4)c3)c2)c1.C=Cc1cccc(-c2cccc(-c3cccc(-c4cc[c-]c(-c5ccccn5)c4)c3)c2)c1.[Ir+3].[c-]1ccccc1-c1ccccn1. The summed E-state index contributed by atoms with van der Waals surface area (Å²) in [5.41, 5.74) is 22.3. The average molecular weight is 1160 g/mol. The van der Waals surface area contributed by atoms with E-state index in [-0.39, 0.29) is 20.1 Å². The molecule has 0 N–H and O–H groups in total. The fourth-order valence-corrected chi connectivity index (χ4v) is 8.91. The van der Waals surface area contributed by atoms with E-state index in [1.54, 1.807) is 6.20 Å². The Hall–Kier alpha value is -9.44. The van der Waals surface area contributed by atoms with Gasteiger partial charge in [-0.15, -0.1) is 107 Å². The Kier molecular flexibility index (Phi) is 17.8. The number of rotatable bonds is 11. The van der Waals surface area contributed by atoms with Crippen molar-refractivity contribution in [2.75, 3.05) is 0 Å². The monoisotopic (exact) mass is 1160 g/mol. The van der Waals surface area contributed by atoms with Crippen LogP contribution in [0, 0.1) is 18.2 Å². The third-order valence-electron chi connectivity index (χ3n) is 12.8. The Morgan fingerprint density at radius 2 is 0.558 bits per heavy atom. The molecule has 3 heterocycles. The van der Waals surface area contributed by atoms with Gasteiger partial charge in [-0.25, -0.2) is 0 Å².